The largest absolute Gasteiger partial charge is 0.289 e. The Kier molecular flexibility index (Phi) is 6.09. The molecule has 0 aliphatic carbocycles. The first-order valence-electron chi connectivity index (χ1n) is 5.98. The Balaban J connectivity index is 2.06. The molecule has 0 aromatic heterocycles. The number of carbonyl (C=O) groups excluding carboxylic acids is 1. The normalized spacial score (nSPS) is 18.2. The molecule has 1 saturated heterocycles. The summed E-state index contributed by atoms with van der Waals surface area (Å²) in [5.41, 5.74) is 2.97. The Morgan fingerprint density at radius 3 is 2.73 bits per heavy atom. The molecular formula is C12H22N2O. The molecule has 3 nitrogen and oxygen atoms in total. The third kappa shape index (κ3) is 5.57. The van der Waals surface area contributed by atoms with Gasteiger partial charge in [-0.15, -0.1) is 0 Å². The van der Waals surface area contributed by atoms with Gasteiger partial charge >= 0.3 is 0 Å². The van der Waals surface area contributed by atoms with Crippen LogP contribution in [0.1, 0.15) is 45.4 Å². The minimum Gasteiger partial charge on any atom is -0.289 e. The van der Waals surface area contributed by atoms with E-state index in [4.69, 9.17) is 0 Å². The molecule has 1 fully saturated rings. The van der Waals surface area contributed by atoms with E-state index in [9.17, 15) is 4.79 Å². The van der Waals surface area contributed by atoms with Crippen molar-refractivity contribution in [3.05, 3.63) is 12.2 Å². The van der Waals surface area contributed by atoms with Crippen LogP contribution in [0.5, 0.6) is 0 Å². The Bertz CT molecular complexity index is 208. The highest BCUT2D eigenvalue weighted by molar-refractivity contribution is 5.75. The zero-order valence-corrected chi connectivity index (χ0v) is 9.67. The topological polar surface area (TPSA) is 32.3 Å². The van der Waals surface area contributed by atoms with Gasteiger partial charge in [0, 0.05) is 19.5 Å². The van der Waals surface area contributed by atoms with E-state index in [1.54, 1.807) is 0 Å². The van der Waals surface area contributed by atoms with E-state index in [0.717, 1.165) is 25.9 Å². The summed E-state index contributed by atoms with van der Waals surface area (Å²) in [4.78, 5) is 11.5. The van der Waals surface area contributed by atoms with Crippen LogP contribution < -0.4 is 5.43 Å². The molecule has 86 valence electrons. The first-order chi connectivity index (χ1) is 7.33. The van der Waals surface area contributed by atoms with Gasteiger partial charge in [0.25, 0.3) is 0 Å². The van der Waals surface area contributed by atoms with E-state index in [-0.39, 0.29) is 5.91 Å². The summed E-state index contributed by atoms with van der Waals surface area (Å²) >= 11 is 0. The van der Waals surface area contributed by atoms with Crippen LogP contribution in [0.3, 0.4) is 0 Å². The molecule has 0 spiro atoms. The molecule has 0 aromatic carbocycles. The third-order valence-corrected chi connectivity index (χ3v) is 2.65. The monoisotopic (exact) mass is 210 g/mol. The molecule has 1 N–H and O–H groups in total. The Morgan fingerprint density at radius 1 is 1.33 bits per heavy atom. The molecule has 0 bridgehead atoms. The standard InChI is InChI=1S/C12H22N2O/c1-2-3-4-6-9-12(15)13-14-10-7-5-8-11-14/h2-3H,4-11H2,1H3,(H,13,15)/b3-2-. The number of hydrogen-bond donors (Lipinski definition) is 1. The van der Waals surface area contributed by atoms with Gasteiger partial charge in [-0.05, 0) is 32.6 Å². The van der Waals surface area contributed by atoms with Crippen LogP contribution in [0, 0.1) is 0 Å². The average Bonchev–Trinajstić information content (AvgIpc) is 2.26. The Hall–Kier alpha value is -0.830. The van der Waals surface area contributed by atoms with Gasteiger partial charge in [0.15, 0.2) is 0 Å². The summed E-state index contributed by atoms with van der Waals surface area (Å²) in [5.74, 6) is 0.168. The van der Waals surface area contributed by atoms with Crippen molar-refractivity contribution in [2.45, 2.75) is 45.4 Å². The minimum atomic E-state index is 0.168. The van der Waals surface area contributed by atoms with Gasteiger partial charge in [-0.3, -0.25) is 10.2 Å². The maximum atomic E-state index is 11.5. The molecule has 1 aliphatic rings. The minimum absolute atomic E-state index is 0.168. The van der Waals surface area contributed by atoms with E-state index >= 15 is 0 Å². The molecule has 0 saturated carbocycles. The second kappa shape index (κ2) is 7.46. The number of rotatable bonds is 5. The van der Waals surface area contributed by atoms with Crippen LogP contribution in [-0.2, 0) is 4.79 Å². The molecule has 1 rings (SSSR count). The number of allylic oxidation sites excluding steroid dienone is 2. The highest BCUT2D eigenvalue weighted by Gasteiger charge is 2.11. The predicted molar refractivity (Wildman–Crippen MR) is 62.2 cm³/mol. The smallest absolute Gasteiger partial charge is 0.234 e. The van der Waals surface area contributed by atoms with Gasteiger partial charge in [0.2, 0.25) is 5.91 Å². The van der Waals surface area contributed by atoms with Crippen molar-refractivity contribution in [3.8, 4) is 0 Å². The van der Waals surface area contributed by atoms with Crippen molar-refractivity contribution >= 4 is 5.91 Å². The molecule has 0 atom stereocenters. The molecular weight excluding hydrogens is 188 g/mol. The lowest BCUT2D eigenvalue weighted by atomic mass is 10.2. The maximum Gasteiger partial charge on any atom is 0.234 e. The second-order valence-corrected chi connectivity index (χ2v) is 4.04. The van der Waals surface area contributed by atoms with Crippen molar-refractivity contribution in [1.82, 2.24) is 10.4 Å². The van der Waals surface area contributed by atoms with Crippen LogP contribution in [-0.4, -0.2) is 24.0 Å². The van der Waals surface area contributed by atoms with E-state index in [0.29, 0.717) is 6.42 Å². The molecule has 3 heteroatoms. The van der Waals surface area contributed by atoms with Gasteiger partial charge in [-0.2, -0.15) is 0 Å². The second-order valence-electron chi connectivity index (χ2n) is 4.04. The summed E-state index contributed by atoms with van der Waals surface area (Å²) in [5, 5.41) is 2.06. The first-order valence-corrected chi connectivity index (χ1v) is 5.98. The molecule has 15 heavy (non-hydrogen) atoms. The molecule has 0 radical (unpaired) electrons. The Labute approximate surface area is 92.5 Å². The van der Waals surface area contributed by atoms with Gasteiger partial charge in [-0.25, -0.2) is 5.01 Å². The van der Waals surface area contributed by atoms with Gasteiger partial charge < -0.3 is 0 Å². The van der Waals surface area contributed by atoms with Gasteiger partial charge in [-0.1, -0.05) is 18.6 Å². The van der Waals surface area contributed by atoms with E-state index in [2.05, 4.69) is 16.5 Å². The molecule has 1 heterocycles. The fourth-order valence-corrected chi connectivity index (χ4v) is 1.79. The van der Waals surface area contributed by atoms with Crippen molar-refractivity contribution in [2.24, 2.45) is 0 Å². The van der Waals surface area contributed by atoms with Crippen molar-refractivity contribution in [1.29, 1.82) is 0 Å². The van der Waals surface area contributed by atoms with Crippen LogP contribution in [0.4, 0.5) is 0 Å². The van der Waals surface area contributed by atoms with Crippen LogP contribution in [0.15, 0.2) is 12.2 Å². The van der Waals surface area contributed by atoms with E-state index in [1.165, 1.54) is 19.3 Å². The quantitative estimate of drug-likeness (QED) is 0.557. The zero-order valence-electron chi connectivity index (χ0n) is 9.67. The SMILES string of the molecule is C/C=C\CCCC(=O)NN1CCCCC1. The average molecular weight is 210 g/mol. The van der Waals surface area contributed by atoms with Crippen LogP contribution in [0.25, 0.3) is 0 Å². The zero-order chi connectivity index (χ0) is 10.9. The van der Waals surface area contributed by atoms with Gasteiger partial charge in [0.1, 0.15) is 0 Å². The van der Waals surface area contributed by atoms with Crippen molar-refractivity contribution < 1.29 is 4.79 Å². The van der Waals surface area contributed by atoms with Gasteiger partial charge in [0.05, 0.1) is 0 Å². The Morgan fingerprint density at radius 2 is 2.07 bits per heavy atom. The lowest BCUT2D eigenvalue weighted by molar-refractivity contribution is -0.126. The fourth-order valence-electron chi connectivity index (χ4n) is 1.79. The highest BCUT2D eigenvalue weighted by Crippen LogP contribution is 2.06. The summed E-state index contributed by atoms with van der Waals surface area (Å²) in [6.07, 6.45) is 10.4. The van der Waals surface area contributed by atoms with Crippen LogP contribution in [0.2, 0.25) is 0 Å². The van der Waals surface area contributed by atoms with Crippen molar-refractivity contribution in [2.75, 3.05) is 13.1 Å². The lowest BCUT2D eigenvalue weighted by Crippen LogP contribution is -2.44. The van der Waals surface area contributed by atoms with Crippen molar-refractivity contribution in [3.63, 3.8) is 0 Å². The van der Waals surface area contributed by atoms with E-state index in [1.807, 2.05) is 13.0 Å². The summed E-state index contributed by atoms with van der Waals surface area (Å²) in [6, 6.07) is 0. The lowest BCUT2D eigenvalue weighted by Gasteiger charge is -2.26. The third-order valence-electron chi connectivity index (χ3n) is 2.65. The summed E-state index contributed by atoms with van der Waals surface area (Å²) < 4.78 is 0. The number of carbonyl (C=O) groups is 1. The number of hydrazine groups is 1. The molecule has 1 aliphatic heterocycles. The van der Waals surface area contributed by atoms with Crippen LogP contribution >= 0.6 is 0 Å². The first kappa shape index (κ1) is 12.2. The molecule has 0 unspecified atom stereocenters. The molecule has 0 aromatic rings. The fraction of sp³-hybridized carbons (Fsp3) is 0.750. The molecule has 1 amide bonds. The summed E-state index contributed by atoms with van der Waals surface area (Å²) in [7, 11) is 0. The predicted octanol–water partition coefficient (Wildman–Crippen LogP) is 2.25. The number of unbranched alkanes of at least 4 members (excludes halogenated alkanes) is 1. The van der Waals surface area contributed by atoms with E-state index < -0.39 is 0 Å². The number of piperidine rings is 1. The number of nitrogens with one attached hydrogen (secondary N) is 1. The number of amides is 1. The summed E-state index contributed by atoms with van der Waals surface area (Å²) in [6.45, 7) is 4.04. The highest BCUT2D eigenvalue weighted by atomic mass is 16.2. The maximum absolute atomic E-state index is 11.5. The number of nitrogens with zero attached hydrogens (tertiary/aromatic N) is 1. The number of hydrogen-bond acceptors (Lipinski definition) is 2.